The molecule has 0 unspecified atom stereocenters. The van der Waals surface area contributed by atoms with E-state index in [2.05, 4.69) is 23.3 Å². The molecule has 5 nitrogen and oxygen atoms in total. The second-order valence-electron chi connectivity index (χ2n) is 8.09. The number of fused-ring (bicyclic) bond motifs is 1. The molecule has 1 amide bonds. The Labute approximate surface area is 190 Å². The van der Waals surface area contributed by atoms with Gasteiger partial charge in [0, 0.05) is 35.3 Å². The number of amides is 1. The summed E-state index contributed by atoms with van der Waals surface area (Å²) in [5, 5.41) is 7.34. The van der Waals surface area contributed by atoms with Crippen LogP contribution >= 0.6 is 11.3 Å². The highest BCUT2D eigenvalue weighted by Crippen LogP contribution is 2.27. The fourth-order valence-corrected chi connectivity index (χ4v) is 5.04. The summed E-state index contributed by atoms with van der Waals surface area (Å²) in [5.74, 6) is -0.148. The fourth-order valence-electron chi connectivity index (χ4n) is 4.20. The molecular formula is C25H23FN4OS. The molecule has 0 N–H and O–H groups in total. The molecule has 0 fully saturated rings. The van der Waals surface area contributed by atoms with Crippen LogP contribution in [0.2, 0.25) is 0 Å². The first-order valence-corrected chi connectivity index (χ1v) is 11.5. The molecule has 0 radical (unpaired) electrons. The van der Waals surface area contributed by atoms with Gasteiger partial charge in [0.1, 0.15) is 5.82 Å². The number of rotatable bonds is 4. The number of carbonyl (C=O) groups excluding carboxylic acids is 1. The second-order valence-corrected chi connectivity index (χ2v) is 8.93. The summed E-state index contributed by atoms with van der Waals surface area (Å²) in [6.07, 6.45) is 1.22. The van der Waals surface area contributed by atoms with E-state index >= 15 is 0 Å². The van der Waals surface area contributed by atoms with Gasteiger partial charge in [0.05, 0.1) is 17.8 Å². The number of benzene rings is 2. The molecule has 4 aromatic rings. The zero-order valence-corrected chi connectivity index (χ0v) is 18.8. The van der Waals surface area contributed by atoms with E-state index in [1.54, 1.807) is 16.8 Å². The fraction of sp³-hybridized carbons (Fsp3) is 0.240. The van der Waals surface area contributed by atoms with E-state index in [9.17, 15) is 9.18 Å². The van der Waals surface area contributed by atoms with Crippen LogP contribution in [-0.2, 0) is 24.2 Å². The van der Waals surface area contributed by atoms with E-state index in [0.29, 0.717) is 13.0 Å². The van der Waals surface area contributed by atoms with Crippen molar-refractivity contribution in [3.63, 3.8) is 0 Å². The monoisotopic (exact) mass is 446 g/mol. The number of hydrogen-bond acceptors (Lipinski definition) is 4. The standard InChI is InChI=1S/C25H23FN4OS/c1-16-22(13-24(31)29-12-11-18-5-3-4-6-20(18)14-29)17(2)30(28-16)25-27-23(15-32-25)19-7-9-21(26)10-8-19/h3-10,15H,11-14H2,1-2H3. The van der Waals surface area contributed by atoms with Gasteiger partial charge in [0.15, 0.2) is 0 Å². The van der Waals surface area contributed by atoms with Crippen LogP contribution < -0.4 is 0 Å². The average molecular weight is 447 g/mol. The van der Waals surface area contributed by atoms with Gasteiger partial charge >= 0.3 is 0 Å². The average Bonchev–Trinajstić information content (AvgIpc) is 3.40. The Morgan fingerprint density at radius 1 is 1.09 bits per heavy atom. The molecule has 162 valence electrons. The Balaban J connectivity index is 1.36. The summed E-state index contributed by atoms with van der Waals surface area (Å²) in [6.45, 7) is 5.32. The van der Waals surface area contributed by atoms with E-state index in [4.69, 9.17) is 4.98 Å². The van der Waals surface area contributed by atoms with Gasteiger partial charge in [-0.25, -0.2) is 14.1 Å². The number of thiazole rings is 1. The Morgan fingerprint density at radius 2 is 1.84 bits per heavy atom. The topological polar surface area (TPSA) is 51.0 Å². The van der Waals surface area contributed by atoms with Gasteiger partial charge in [-0.05, 0) is 55.7 Å². The number of aryl methyl sites for hydroxylation is 1. The molecule has 5 rings (SSSR count). The first-order valence-electron chi connectivity index (χ1n) is 10.6. The normalized spacial score (nSPS) is 13.3. The Hall–Kier alpha value is -3.32. The second kappa shape index (κ2) is 8.31. The van der Waals surface area contributed by atoms with Gasteiger partial charge in [-0.15, -0.1) is 11.3 Å². The minimum Gasteiger partial charge on any atom is -0.338 e. The predicted molar refractivity (Wildman–Crippen MR) is 123 cm³/mol. The number of nitrogens with zero attached hydrogens (tertiary/aromatic N) is 4. The van der Waals surface area contributed by atoms with Gasteiger partial charge < -0.3 is 4.90 Å². The molecule has 0 atom stereocenters. The molecule has 32 heavy (non-hydrogen) atoms. The lowest BCUT2D eigenvalue weighted by atomic mass is 9.99. The van der Waals surface area contributed by atoms with Crippen molar-refractivity contribution < 1.29 is 9.18 Å². The van der Waals surface area contributed by atoms with Gasteiger partial charge in [0.25, 0.3) is 0 Å². The van der Waals surface area contributed by atoms with Crippen LogP contribution in [-0.4, -0.2) is 32.1 Å². The molecule has 0 saturated carbocycles. The van der Waals surface area contributed by atoms with E-state index < -0.39 is 0 Å². The van der Waals surface area contributed by atoms with E-state index in [1.165, 1.54) is 34.6 Å². The number of hydrogen-bond donors (Lipinski definition) is 0. The van der Waals surface area contributed by atoms with Crippen molar-refractivity contribution in [2.45, 2.75) is 33.2 Å². The van der Waals surface area contributed by atoms with Crippen molar-refractivity contribution in [3.05, 3.63) is 87.8 Å². The van der Waals surface area contributed by atoms with Crippen LogP contribution in [0.25, 0.3) is 16.4 Å². The smallest absolute Gasteiger partial charge is 0.227 e. The van der Waals surface area contributed by atoms with Crippen molar-refractivity contribution in [3.8, 4) is 16.4 Å². The van der Waals surface area contributed by atoms with E-state index in [-0.39, 0.29) is 11.7 Å². The predicted octanol–water partition coefficient (Wildman–Crippen LogP) is 4.88. The third kappa shape index (κ3) is 3.84. The third-order valence-corrected chi connectivity index (χ3v) is 6.88. The molecule has 2 aromatic carbocycles. The maximum Gasteiger partial charge on any atom is 0.227 e. The molecule has 2 aromatic heterocycles. The van der Waals surface area contributed by atoms with Gasteiger partial charge in [-0.3, -0.25) is 4.79 Å². The summed E-state index contributed by atoms with van der Waals surface area (Å²) in [6, 6.07) is 14.6. The lowest BCUT2D eigenvalue weighted by Gasteiger charge is -2.29. The summed E-state index contributed by atoms with van der Waals surface area (Å²) in [4.78, 5) is 19.7. The van der Waals surface area contributed by atoms with E-state index in [1.807, 2.05) is 30.2 Å². The highest BCUT2D eigenvalue weighted by molar-refractivity contribution is 7.12. The summed E-state index contributed by atoms with van der Waals surface area (Å²) < 4.78 is 15.0. The number of aromatic nitrogens is 3. The summed E-state index contributed by atoms with van der Waals surface area (Å²) in [7, 11) is 0. The molecule has 1 aliphatic rings. The molecule has 0 bridgehead atoms. The van der Waals surface area contributed by atoms with Crippen molar-refractivity contribution >= 4 is 17.2 Å². The van der Waals surface area contributed by atoms with Crippen LogP contribution in [0.15, 0.2) is 53.9 Å². The van der Waals surface area contributed by atoms with E-state index in [0.717, 1.165) is 46.3 Å². The van der Waals surface area contributed by atoms with Crippen LogP contribution in [0, 0.1) is 19.7 Å². The Morgan fingerprint density at radius 3 is 2.62 bits per heavy atom. The lowest BCUT2D eigenvalue weighted by Crippen LogP contribution is -2.37. The molecule has 0 aliphatic carbocycles. The van der Waals surface area contributed by atoms with Crippen molar-refractivity contribution in [2.24, 2.45) is 0 Å². The molecule has 1 aliphatic heterocycles. The van der Waals surface area contributed by atoms with Crippen molar-refractivity contribution in [1.82, 2.24) is 19.7 Å². The SMILES string of the molecule is Cc1nn(-c2nc(-c3ccc(F)cc3)cs2)c(C)c1CC(=O)N1CCc2ccccc2C1. The molecule has 3 heterocycles. The first kappa shape index (κ1) is 20.6. The maximum absolute atomic E-state index is 13.2. The third-order valence-electron chi connectivity index (χ3n) is 6.07. The van der Waals surface area contributed by atoms with Crippen LogP contribution in [0.1, 0.15) is 28.1 Å². The number of carbonyl (C=O) groups is 1. The van der Waals surface area contributed by atoms with Crippen molar-refractivity contribution in [2.75, 3.05) is 6.54 Å². The Kier molecular flexibility index (Phi) is 5.35. The minimum absolute atomic E-state index is 0.122. The van der Waals surface area contributed by atoms with Gasteiger partial charge in [-0.2, -0.15) is 5.10 Å². The highest BCUT2D eigenvalue weighted by Gasteiger charge is 2.24. The first-order chi connectivity index (χ1) is 15.5. The van der Waals surface area contributed by atoms with Gasteiger partial charge in [0.2, 0.25) is 11.0 Å². The van der Waals surface area contributed by atoms with Crippen molar-refractivity contribution in [1.29, 1.82) is 0 Å². The largest absolute Gasteiger partial charge is 0.338 e. The Bertz CT molecular complexity index is 1290. The molecule has 7 heteroatoms. The zero-order valence-electron chi connectivity index (χ0n) is 18.0. The summed E-state index contributed by atoms with van der Waals surface area (Å²) in [5.41, 5.74) is 6.91. The van der Waals surface area contributed by atoms with Crippen LogP contribution in [0.3, 0.4) is 0 Å². The maximum atomic E-state index is 13.2. The zero-order chi connectivity index (χ0) is 22.2. The summed E-state index contributed by atoms with van der Waals surface area (Å²) >= 11 is 1.48. The van der Waals surface area contributed by atoms with Gasteiger partial charge in [-0.1, -0.05) is 24.3 Å². The molecule has 0 saturated heterocycles. The number of halogens is 1. The minimum atomic E-state index is -0.269. The highest BCUT2D eigenvalue weighted by atomic mass is 32.1. The van der Waals surface area contributed by atoms with Crippen LogP contribution in [0.5, 0.6) is 0 Å². The lowest BCUT2D eigenvalue weighted by molar-refractivity contribution is -0.131. The molecular weight excluding hydrogens is 423 g/mol. The molecule has 0 spiro atoms. The van der Waals surface area contributed by atoms with Crippen LogP contribution in [0.4, 0.5) is 4.39 Å². The quantitative estimate of drug-likeness (QED) is 0.449.